The molecule has 0 saturated heterocycles. The minimum Gasteiger partial charge on any atom is -0.495 e. The predicted octanol–water partition coefficient (Wildman–Crippen LogP) is 2.52. The number of methoxy groups -OCH3 is 1. The van der Waals surface area contributed by atoms with E-state index in [1.165, 1.54) is 18.4 Å². The van der Waals surface area contributed by atoms with Crippen LogP contribution in [-0.2, 0) is 4.79 Å². The molecule has 0 aliphatic heterocycles. The summed E-state index contributed by atoms with van der Waals surface area (Å²) in [5.74, 6) is -1.02. The van der Waals surface area contributed by atoms with Crippen LogP contribution in [0.15, 0.2) is 11.4 Å². The largest absolute Gasteiger partial charge is 0.495 e. The van der Waals surface area contributed by atoms with Crippen molar-refractivity contribution in [3.63, 3.8) is 0 Å². The van der Waals surface area contributed by atoms with E-state index in [-0.39, 0.29) is 11.9 Å². The van der Waals surface area contributed by atoms with Gasteiger partial charge in [0.05, 0.1) is 13.0 Å². The van der Waals surface area contributed by atoms with Gasteiger partial charge in [-0.3, -0.25) is 9.59 Å². The summed E-state index contributed by atoms with van der Waals surface area (Å²) >= 11 is 1.30. The van der Waals surface area contributed by atoms with Crippen LogP contribution in [0.1, 0.15) is 41.8 Å². The summed E-state index contributed by atoms with van der Waals surface area (Å²) in [6, 6.07) is 1.44. The lowest BCUT2D eigenvalue weighted by atomic mass is 9.95. The topological polar surface area (TPSA) is 75.6 Å². The van der Waals surface area contributed by atoms with Crippen LogP contribution in [0, 0.1) is 5.92 Å². The lowest BCUT2D eigenvalue weighted by molar-refractivity contribution is -0.142. The first kappa shape index (κ1) is 14.8. The van der Waals surface area contributed by atoms with Crippen molar-refractivity contribution in [3.8, 4) is 5.75 Å². The molecule has 1 aromatic heterocycles. The maximum absolute atomic E-state index is 12.3. The van der Waals surface area contributed by atoms with Crippen molar-refractivity contribution in [2.45, 2.75) is 38.1 Å². The Kier molecular flexibility index (Phi) is 5.00. The molecule has 2 unspecified atom stereocenters. The highest BCUT2D eigenvalue weighted by Gasteiger charge is 2.31. The molecule has 1 aromatic rings. The van der Waals surface area contributed by atoms with Crippen molar-refractivity contribution >= 4 is 23.2 Å². The Labute approximate surface area is 121 Å². The molecule has 1 aliphatic carbocycles. The fraction of sp³-hybridized carbons (Fsp3) is 0.571. The molecule has 110 valence electrons. The fourth-order valence-corrected chi connectivity index (χ4v) is 3.39. The van der Waals surface area contributed by atoms with Gasteiger partial charge in [-0.05, 0) is 24.3 Å². The molecule has 2 atom stereocenters. The second-order valence-electron chi connectivity index (χ2n) is 4.98. The molecular formula is C14H19NO4S. The first-order valence-corrected chi connectivity index (χ1v) is 7.66. The standard InChI is InChI=1S/C14H19NO4S/c1-19-11-7-8-20-12(11)13(16)15-10-6-4-2-3-5-9(10)14(17)18/h7-10H,2-6H2,1H3,(H,15,16)(H,17,18). The number of hydrogen-bond donors (Lipinski definition) is 2. The molecule has 0 aromatic carbocycles. The number of amides is 1. The average molecular weight is 297 g/mol. The van der Waals surface area contributed by atoms with Crippen LogP contribution in [0.2, 0.25) is 0 Å². The maximum Gasteiger partial charge on any atom is 0.308 e. The first-order chi connectivity index (χ1) is 9.63. The number of carbonyl (C=O) groups is 2. The van der Waals surface area contributed by atoms with E-state index in [9.17, 15) is 14.7 Å². The third-order valence-electron chi connectivity index (χ3n) is 3.70. The Morgan fingerprint density at radius 2 is 2.10 bits per heavy atom. The van der Waals surface area contributed by atoms with Crippen LogP contribution in [0.25, 0.3) is 0 Å². The summed E-state index contributed by atoms with van der Waals surface area (Å²) in [6.45, 7) is 0. The summed E-state index contributed by atoms with van der Waals surface area (Å²) in [4.78, 5) is 24.1. The number of nitrogens with one attached hydrogen (secondary N) is 1. The van der Waals surface area contributed by atoms with E-state index < -0.39 is 11.9 Å². The average Bonchev–Trinajstić information content (AvgIpc) is 2.78. The van der Waals surface area contributed by atoms with Gasteiger partial charge >= 0.3 is 5.97 Å². The number of carbonyl (C=O) groups excluding carboxylic acids is 1. The first-order valence-electron chi connectivity index (χ1n) is 6.78. The maximum atomic E-state index is 12.3. The molecular weight excluding hydrogens is 278 g/mol. The summed E-state index contributed by atoms with van der Waals surface area (Å²) in [6.07, 6.45) is 4.23. The summed E-state index contributed by atoms with van der Waals surface area (Å²) < 4.78 is 5.13. The van der Waals surface area contributed by atoms with E-state index in [1.807, 2.05) is 0 Å². The molecule has 1 fully saturated rings. The molecule has 1 aliphatic rings. The second-order valence-corrected chi connectivity index (χ2v) is 5.90. The molecule has 1 saturated carbocycles. The van der Waals surface area contributed by atoms with Crippen molar-refractivity contribution in [2.75, 3.05) is 7.11 Å². The third kappa shape index (κ3) is 3.30. The van der Waals surface area contributed by atoms with Crippen LogP contribution >= 0.6 is 11.3 Å². The molecule has 0 spiro atoms. The van der Waals surface area contributed by atoms with Crippen molar-refractivity contribution < 1.29 is 19.4 Å². The molecule has 2 rings (SSSR count). The van der Waals surface area contributed by atoms with Crippen LogP contribution in [0.4, 0.5) is 0 Å². The van der Waals surface area contributed by atoms with Crippen LogP contribution in [0.5, 0.6) is 5.75 Å². The third-order valence-corrected chi connectivity index (χ3v) is 4.60. The van der Waals surface area contributed by atoms with E-state index in [0.29, 0.717) is 17.0 Å². The van der Waals surface area contributed by atoms with Crippen molar-refractivity contribution in [1.82, 2.24) is 5.32 Å². The van der Waals surface area contributed by atoms with Gasteiger partial charge < -0.3 is 15.2 Å². The van der Waals surface area contributed by atoms with Gasteiger partial charge in [0.1, 0.15) is 10.6 Å². The van der Waals surface area contributed by atoms with Gasteiger partial charge in [-0.15, -0.1) is 11.3 Å². The summed E-state index contributed by atoms with van der Waals surface area (Å²) in [7, 11) is 1.52. The number of thiophene rings is 1. The van der Waals surface area contributed by atoms with E-state index in [0.717, 1.165) is 25.7 Å². The SMILES string of the molecule is COc1ccsc1C(=O)NC1CCCCCC1C(=O)O. The van der Waals surface area contributed by atoms with Gasteiger partial charge in [-0.25, -0.2) is 0 Å². The lowest BCUT2D eigenvalue weighted by Gasteiger charge is -2.22. The summed E-state index contributed by atoms with van der Waals surface area (Å²) in [5, 5.41) is 14.0. The minimum absolute atomic E-state index is 0.241. The molecule has 1 heterocycles. The highest BCUT2D eigenvalue weighted by Crippen LogP contribution is 2.27. The van der Waals surface area contributed by atoms with Crippen LogP contribution in [-0.4, -0.2) is 30.1 Å². The highest BCUT2D eigenvalue weighted by atomic mass is 32.1. The van der Waals surface area contributed by atoms with Gasteiger partial charge in [-0.1, -0.05) is 19.3 Å². The molecule has 5 nitrogen and oxygen atoms in total. The van der Waals surface area contributed by atoms with Gasteiger partial charge in [-0.2, -0.15) is 0 Å². The van der Waals surface area contributed by atoms with Crippen LogP contribution < -0.4 is 10.1 Å². The number of rotatable bonds is 4. The van der Waals surface area contributed by atoms with E-state index in [2.05, 4.69) is 5.32 Å². The Morgan fingerprint density at radius 1 is 1.35 bits per heavy atom. The zero-order valence-corrected chi connectivity index (χ0v) is 12.2. The Hall–Kier alpha value is -1.56. The van der Waals surface area contributed by atoms with E-state index >= 15 is 0 Å². The van der Waals surface area contributed by atoms with Gasteiger partial charge in [0.15, 0.2) is 0 Å². The highest BCUT2D eigenvalue weighted by molar-refractivity contribution is 7.12. The molecule has 0 bridgehead atoms. The monoisotopic (exact) mass is 297 g/mol. The number of carboxylic acids is 1. The molecule has 20 heavy (non-hydrogen) atoms. The Bertz CT molecular complexity index is 485. The lowest BCUT2D eigenvalue weighted by Crippen LogP contribution is -2.42. The molecule has 6 heteroatoms. The quantitative estimate of drug-likeness (QED) is 0.837. The number of aliphatic carboxylic acids is 1. The fourth-order valence-electron chi connectivity index (χ4n) is 2.63. The predicted molar refractivity (Wildman–Crippen MR) is 76.3 cm³/mol. The van der Waals surface area contributed by atoms with Crippen molar-refractivity contribution in [2.24, 2.45) is 5.92 Å². The zero-order valence-electron chi connectivity index (χ0n) is 11.4. The Balaban J connectivity index is 2.09. The molecule has 0 radical (unpaired) electrons. The van der Waals surface area contributed by atoms with Crippen molar-refractivity contribution in [3.05, 3.63) is 16.3 Å². The normalized spacial score (nSPS) is 22.9. The smallest absolute Gasteiger partial charge is 0.308 e. The minimum atomic E-state index is -0.824. The van der Waals surface area contributed by atoms with Crippen molar-refractivity contribution in [1.29, 1.82) is 0 Å². The number of hydrogen-bond acceptors (Lipinski definition) is 4. The number of ether oxygens (including phenoxy) is 1. The van der Waals surface area contributed by atoms with Gasteiger partial charge in [0.2, 0.25) is 0 Å². The molecule has 2 N–H and O–H groups in total. The zero-order chi connectivity index (χ0) is 14.5. The molecule has 1 amide bonds. The van der Waals surface area contributed by atoms with Gasteiger partial charge in [0.25, 0.3) is 5.91 Å². The Morgan fingerprint density at radius 3 is 2.80 bits per heavy atom. The van der Waals surface area contributed by atoms with Crippen LogP contribution in [0.3, 0.4) is 0 Å². The van der Waals surface area contributed by atoms with E-state index in [1.54, 1.807) is 11.4 Å². The van der Waals surface area contributed by atoms with E-state index in [4.69, 9.17) is 4.74 Å². The summed E-state index contributed by atoms with van der Waals surface area (Å²) in [5.41, 5.74) is 0. The second kappa shape index (κ2) is 6.74. The van der Waals surface area contributed by atoms with Gasteiger partial charge in [0, 0.05) is 6.04 Å². The number of carboxylic acid groups (broad SMARTS) is 1.